The largest absolute Gasteiger partial charge is 0.497 e. The average molecular weight is 397 g/mol. The zero-order chi connectivity index (χ0) is 20.7. The minimum Gasteiger partial charge on any atom is -0.497 e. The number of amides is 1. The highest BCUT2D eigenvalue weighted by Gasteiger charge is 2.29. The van der Waals surface area contributed by atoms with E-state index < -0.39 is 18.7 Å². The first-order chi connectivity index (χ1) is 13.2. The van der Waals surface area contributed by atoms with Crippen LogP contribution in [0.1, 0.15) is 22.0 Å². The number of alkyl halides is 3. The summed E-state index contributed by atoms with van der Waals surface area (Å²) in [6, 6.07) is 10.1. The van der Waals surface area contributed by atoms with E-state index in [4.69, 9.17) is 4.74 Å². The number of ether oxygens (including phenoxy) is 2. The number of nitrogens with one attached hydrogen (secondary N) is 1. The van der Waals surface area contributed by atoms with E-state index in [-0.39, 0.29) is 24.0 Å². The summed E-state index contributed by atoms with van der Waals surface area (Å²) in [7, 11) is 5.28. The van der Waals surface area contributed by atoms with Crippen molar-refractivity contribution in [2.24, 2.45) is 0 Å². The maximum absolute atomic E-state index is 12.5. The lowest BCUT2D eigenvalue weighted by Gasteiger charge is -2.25. The Bertz CT molecular complexity index is 797. The molecule has 0 aliphatic heterocycles. The number of aromatic nitrogens is 1. The Labute approximate surface area is 161 Å². The van der Waals surface area contributed by atoms with E-state index in [1.165, 1.54) is 18.3 Å². The molecular formula is C19H22F3N3O3. The van der Waals surface area contributed by atoms with Crippen LogP contribution in [0.2, 0.25) is 0 Å². The van der Waals surface area contributed by atoms with Crippen molar-refractivity contribution < 1.29 is 27.4 Å². The third-order valence-corrected chi connectivity index (χ3v) is 3.95. The van der Waals surface area contributed by atoms with Crippen LogP contribution in [-0.2, 0) is 0 Å². The van der Waals surface area contributed by atoms with Crippen LogP contribution in [0.25, 0.3) is 0 Å². The van der Waals surface area contributed by atoms with Gasteiger partial charge in [0.05, 0.1) is 13.2 Å². The highest BCUT2D eigenvalue weighted by atomic mass is 19.4. The van der Waals surface area contributed by atoms with Gasteiger partial charge in [0, 0.05) is 12.7 Å². The van der Waals surface area contributed by atoms with Gasteiger partial charge in [-0.05, 0) is 43.9 Å². The van der Waals surface area contributed by atoms with Crippen LogP contribution in [-0.4, -0.2) is 56.3 Å². The van der Waals surface area contributed by atoms with Gasteiger partial charge in [0.25, 0.3) is 5.91 Å². The van der Waals surface area contributed by atoms with Crippen LogP contribution in [0.4, 0.5) is 13.2 Å². The molecule has 0 radical (unpaired) electrons. The topological polar surface area (TPSA) is 63.7 Å². The van der Waals surface area contributed by atoms with Crippen molar-refractivity contribution >= 4 is 5.91 Å². The number of benzene rings is 1. The van der Waals surface area contributed by atoms with E-state index in [0.717, 1.165) is 5.56 Å². The van der Waals surface area contributed by atoms with E-state index in [1.54, 1.807) is 7.11 Å². The highest BCUT2D eigenvalue weighted by Crippen LogP contribution is 2.23. The second-order valence-electron chi connectivity index (χ2n) is 6.23. The molecule has 2 aromatic rings. The first kappa shape index (κ1) is 21.5. The molecule has 0 aliphatic rings. The normalized spacial score (nSPS) is 12.5. The molecule has 6 nitrogen and oxygen atoms in total. The summed E-state index contributed by atoms with van der Waals surface area (Å²) in [5.41, 5.74) is 0.860. The average Bonchev–Trinajstić information content (AvgIpc) is 2.66. The fraction of sp³-hybridized carbons (Fsp3) is 0.368. The fourth-order valence-corrected chi connectivity index (χ4v) is 2.56. The Morgan fingerprint density at radius 3 is 2.64 bits per heavy atom. The molecule has 152 valence electrons. The number of carbonyl (C=O) groups excluding carboxylic acids is 1. The lowest BCUT2D eigenvalue weighted by atomic mass is 10.1. The monoisotopic (exact) mass is 397 g/mol. The van der Waals surface area contributed by atoms with E-state index in [2.05, 4.69) is 15.0 Å². The first-order valence-corrected chi connectivity index (χ1v) is 8.44. The summed E-state index contributed by atoms with van der Waals surface area (Å²) < 4.78 is 47.1. The molecule has 2 rings (SSSR count). The fourth-order valence-electron chi connectivity index (χ4n) is 2.56. The summed E-state index contributed by atoms with van der Waals surface area (Å²) in [5.74, 6) is -0.245. The van der Waals surface area contributed by atoms with Gasteiger partial charge in [-0.2, -0.15) is 13.2 Å². The van der Waals surface area contributed by atoms with Gasteiger partial charge in [0.15, 0.2) is 6.61 Å². The van der Waals surface area contributed by atoms with Crippen molar-refractivity contribution in [3.05, 3.63) is 53.7 Å². The minimum atomic E-state index is -4.52. The molecule has 1 aromatic heterocycles. The van der Waals surface area contributed by atoms with Gasteiger partial charge in [-0.1, -0.05) is 12.1 Å². The Kier molecular flexibility index (Phi) is 7.22. The van der Waals surface area contributed by atoms with Crippen LogP contribution < -0.4 is 14.8 Å². The third-order valence-electron chi connectivity index (χ3n) is 3.95. The van der Waals surface area contributed by atoms with Gasteiger partial charge in [0.1, 0.15) is 11.3 Å². The Morgan fingerprint density at radius 1 is 1.25 bits per heavy atom. The van der Waals surface area contributed by atoms with Gasteiger partial charge in [-0.15, -0.1) is 0 Å². The smallest absolute Gasteiger partial charge is 0.422 e. The maximum Gasteiger partial charge on any atom is 0.422 e. The van der Waals surface area contributed by atoms with Crippen molar-refractivity contribution in [2.45, 2.75) is 12.2 Å². The van der Waals surface area contributed by atoms with E-state index in [9.17, 15) is 18.0 Å². The Hall–Kier alpha value is -2.81. The molecule has 0 saturated carbocycles. The zero-order valence-electron chi connectivity index (χ0n) is 15.8. The number of hydrogen-bond donors (Lipinski definition) is 1. The molecule has 1 aromatic carbocycles. The van der Waals surface area contributed by atoms with E-state index in [1.807, 2.05) is 43.3 Å². The number of pyridine rings is 1. The van der Waals surface area contributed by atoms with Crippen LogP contribution in [0, 0.1) is 0 Å². The van der Waals surface area contributed by atoms with Gasteiger partial charge >= 0.3 is 6.18 Å². The molecule has 0 fully saturated rings. The lowest BCUT2D eigenvalue weighted by molar-refractivity contribution is -0.154. The number of likely N-dealkylation sites (N-methyl/N-ethyl adjacent to an activating group) is 1. The number of rotatable bonds is 8. The van der Waals surface area contributed by atoms with Crippen molar-refractivity contribution in [3.63, 3.8) is 0 Å². The number of methoxy groups -OCH3 is 1. The molecule has 0 saturated heterocycles. The predicted molar refractivity (Wildman–Crippen MR) is 97.5 cm³/mol. The summed E-state index contributed by atoms with van der Waals surface area (Å²) in [6.07, 6.45) is -3.25. The Balaban J connectivity index is 2.11. The van der Waals surface area contributed by atoms with E-state index >= 15 is 0 Å². The Morgan fingerprint density at radius 2 is 2.00 bits per heavy atom. The number of hydrogen-bond acceptors (Lipinski definition) is 5. The van der Waals surface area contributed by atoms with Crippen LogP contribution in [0.3, 0.4) is 0 Å². The van der Waals surface area contributed by atoms with Gasteiger partial charge in [0.2, 0.25) is 5.88 Å². The number of nitrogens with zero attached hydrogens (tertiary/aromatic N) is 2. The van der Waals surface area contributed by atoms with Crippen molar-refractivity contribution in [1.29, 1.82) is 0 Å². The molecule has 9 heteroatoms. The van der Waals surface area contributed by atoms with Crippen LogP contribution in [0.15, 0.2) is 42.6 Å². The molecule has 1 N–H and O–H groups in total. The molecule has 1 unspecified atom stereocenters. The predicted octanol–water partition coefficient (Wildman–Crippen LogP) is 3.06. The summed E-state index contributed by atoms with van der Waals surface area (Å²) in [5, 5.41) is 2.73. The van der Waals surface area contributed by atoms with Gasteiger partial charge < -0.3 is 19.7 Å². The molecule has 0 bridgehead atoms. The number of halogens is 3. The van der Waals surface area contributed by atoms with Crippen LogP contribution in [0.5, 0.6) is 11.6 Å². The third kappa shape index (κ3) is 6.12. The molecular weight excluding hydrogens is 375 g/mol. The van der Waals surface area contributed by atoms with E-state index in [0.29, 0.717) is 5.75 Å². The zero-order valence-corrected chi connectivity index (χ0v) is 15.8. The molecule has 28 heavy (non-hydrogen) atoms. The quantitative estimate of drug-likeness (QED) is 0.742. The second-order valence-corrected chi connectivity index (χ2v) is 6.23. The number of carbonyl (C=O) groups is 1. The van der Waals surface area contributed by atoms with Crippen LogP contribution >= 0.6 is 0 Å². The molecule has 0 aliphatic carbocycles. The molecule has 0 spiro atoms. The highest BCUT2D eigenvalue weighted by molar-refractivity contribution is 5.96. The molecule has 1 atom stereocenters. The minimum absolute atomic E-state index is 0.0603. The molecule has 1 amide bonds. The summed E-state index contributed by atoms with van der Waals surface area (Å²) >= 11 is 0. The van der Waals surface area contributed by atoms with Gasteiger partial charge in [-0.25, -0.2) is 4.98 Å². The first-order valence-electron chi connectivity index (χ1n) is 8.44. The standard InChI is InChI=1S/C19H22F3N3O3/c1-25(2)16(13-6-4-7-14(10-13)27-3)11-24-17(26)15-8-5-9-23-18(15)28-12-19(20,21)22/h4-10,16H,11-12H2,1-3H3,(H,24,26). The maximum atomic E-state index is 12.5. The van der Waals surface area contributed by atoms with Crippen molar-refractivity contribution in [3.8, 4) is 11.6 Å². The molecule has 1 heterocycles. The lowest BCUT2D eigenvalue weighted by Crippen LogP contribution is -2.35. The van der Waals surface area contributed by atoms with Crippen molar-refractivity contribution in [1.82, 2.24) is 15.2 Å². The second kappa shape index (κ2) is 9.41. The SMILES string of the molecule is COc1cccc(C(CNC(=O)c2cccnc2OCC(F)(F)F)N(C)C)c1. The van der Waals surface area contributed by atoms with Crippen molar-refractivity contribution in [2.75, 3.05) is 34.4 Å². The van der Waals surface area contributed by atoms with Gasteiger partial charge in [-0.3, -0.25) is 4.79 Å². The summed E-state index contributed by atoms with van der Waals surface area (Å²) in [6.45, 7) is -1.29. The summed E-state index contributed by atoms with van der Waals surface area (Å²) in [4.78, 5) is 18.2.